The summed E-state index contributed by atoms with van der Waals surface area (Å²) in [5, 5.41) is 13.5. The molecular formula is C19H14BrClN2O6. The summed E-state index contributed by atoms with van der Waals surface area (Å²) >= 11 is 9.49. The Morgan fingerprint density at radius 3 is 2.83 bits per heavy atom. The lowest BCUT2D eigenvalue weighted by Crippen LogP contribution is -2.16. The van der Waals surface area contributed by atoms with Gasteiger partial charge in [-0.05, 0) is 42.0 Å². The van der Waals surface area contributed by atoms with Crippen LogP contribution in [0.2, 0.25) is 5.02 Å². The molecule has 0 aliphatic rings. The second kappa shape index (κ2) is 8.97. The first-order valence-electron chi connectivity index (χ1n) is 8.12. The van der Waals surface area contributed by atoms with Crippen LogP contribution in [0.5, 0.6) is 11.5 Å². The number of amides is 1. The summed E-state index contributed by atoms with van der Waals surface area (Å²) < 4.78 is 16.7. The van der Waals surface area contributed by atoms with Crippen LogP contribution in [-0.4, -0.2) is 36.9 Å². The quantitative estimate of drug-likeness (QED) is 0.389. The number of halogens is 2. The summed E-state index contributed by atoms with van der Waals surface area (Å²) in [5.41, 5.74) is 3.45. The van der Waals surface area contributed by atoms with Gasteiger partial charge in [0, 0.05) is 9.86 Å². The van der Waals surface area contributed by atoms with Gasteiger partial charge in [0.25, 0.3) is 0 Å². The average Bonchev–Trinajstić information content (AvgIpc) is 3.09. The molecular weight excluding hydrogens is 468 g/mol. The highest BCUT2D eigenvalue weighted by atomic mass is 79.9. The molecule has 3 rings (SSSR count). The highest BCUT2D eigenvalue weighted by molar-refractivity contribution is 9.10. The molecule has 0 aliphatic carbocycles. The van der Waals surface area contributed by atoms with Crippen LogP contribution in [0.25, 0.3) is 11.0 Å². The Bertz CT molecular complexity index is 1110. The maximum Gasteiger partial charge on any atom is 0.341 e. The first-order valence-corrected chi connectivity index (χ1v) is 9.29. The predicted molar refractivity (Wildman–Crippen MR) is 110 cm³/mol. The van der Waals surface area contributed by atoms with E-state index in [4.69, 9.17) is 30.6 Å². The van der Waals surface area contributed by atoms with Gasteiger partial charge in [0.2, 0.25) is 0 Å². The zero-order chi connectivity index (χ0) is 21.0. The Balaban J connectivity index is 1.72. The number of fused-ring (bicyclic) bond motifs is 1. The van der Waals surface area contributed by atoms with Gasteiger partial charge in [-0.15, -0.1) is 0 Å². The van der Waals surface area contributed by atoms with E-state index < -0.39 is 18.5 Å². The number of carboxylic acid groups (broad SMARTS) is 1. The molecule has 10 heteroatoms. The maximum absolute atomic E-state index is 12.2. The van der Waals surface area contributed by atoms with Crippen molar-refractivity contribution in [3.8, 4) is 11.5 Å². The minimum atomic E-state index is -1.14. The summed E-state index contributed by atoms with van der Waals surface area (Å²) in [6, 6.07) is 10.0. The van der Waals surface area contributed by atoms with Gasteiger partial charge >= 0.3 is 11.9 Å². The van der Waals surface area contributed by atoms with Crippen molar-refractivity contribution in [3.63, 3.8) is 0 Å². The van der Waals surface area contributed by atoms with E-state index in [0.717, 1.165) is 9.86 Å². The first kappa shape index (κ1) is 20.7. The number of hydrogen-bond donors (Lipinski definition) is 2. The van der Waals surface area contributed by atoms with Gasteiger partial charge in [0.15, 0.2) is 23.9 Å². The second-order valence-electron chi connectivity index (χ2n) is 5.71. The molecule has 8 nitrogen and oxygen atoms in total. The summed E-state index contributed by atoms with van der Waals surface area (Å²) in [4.78, 5) is 22.9. The smallest absolute Gasteiger partial charge is 0.341 e. The fraction of sp³-hybridized carbons (Fsp3) is 0.105. The minimum Gasteiger partial charge on any atom is -0.493 e. The van der Waals surface area contributed by atoms with E-state index in [9.17, 15) is 9.59 Å². The van der Waals surface area contributed by atoms with Crippen LogP contribution >= 0.6 is 27.5 Å². The van der Waals surface area contributed by atoms with E-state index >= 15 is 0 Å². The molecule has 2 N–H and O–H groups in total. The number of nitrogens with zero attached hydrogens (tertiary/aromatic N) is 1. The molecule has 2 aromatic carbocycles. The Hall–Kier alpha value is -3.04. The molecule has 0 saturated carbocycles. The van der Waals surface area contributed by atoms with Crippen molar-refractivity contribution in [2.75, 3.05) is 13.7 Å². The summed E-state index contributed by atoms with van der Waals surface area (Å²) in [5.74, 6) is -1.22. The van der Waals surface area contributed by atoms with Crippen molar-refractivity contribution in [2.45, 2.75) is 0 Å². The van der Waals surface area contributed by atoms with Crippen LogP contribution in [-0.2, 0) is 4.79 Å². The molecule has 150 valence electrons. The number of hydrazone groups is 1. The number of nitrogens with one attached hydrogen (secondary N) is 1. The van der Waals surface area contributed by atoms with Gasteiger partial charge in [-0.2, -0.15) is 5.10 Å². The number of hydrogen-bond acceptors (Lipinski definition) is 6. The molecule has 3 aromatic rings. The molecule has 0 spiro atoms. The lowest BCUT2D eigenvalue weighted by Gasteiger charge is -2.11. The lowest BCUT2D eigenvalue weighted by atomic mass is 10.2. The van der Waals surface area contributed by atoms with Crippen molar-refractivity contribution in [1.29, 1.82) is 0 Å². The number of aliphatic carboxylic acids is 1. The summed E-state index contributed by atoms with van der Waals surface area (Å²) in [6.45, 7) is -0.562. The van der Waals surface area contributed by atoms with Crippen molar-refractivity contribution in [3.05, 3.63) is 57.2 Å². The van der Waals surface area contributed by atoms with Gasteiger partial charge < -0.3 is 19.0 Å². The monoisotopic (exact) mass is 480 g/mol. The highest BCUT2D eigenvalue weighted by Gasteiger charge is 2.14. The molecule has 0 saturated heterocycles. The zero-order valence-electron chi connectivity index (χ0n) is 14.9. The van der Waals surface area contributed by atoms with E-state index in [0.29, 0.717) is 11.1 Å². The van der Waals surface area contributed by atoms with Crippen molar-refractivity contribution >= 4 is 56.6 Å². The molecule has 1 heterocycles. The third-order valence-corrected chi connectivity index (χ3v) is 4.45. The number of carboxylic acids is 1. The van der Waals surface area contributed by atoms with Crippen LogP contribution in [0, 0.1) is 0 Å². The Morgan fingerprint density at radius 2 is 2.10 bits per heavy atom. The minimum absolute atomic E-state index is 0.103. The molecule has 1 amide bonds. The SMILES string of the molecule is COc1cc(C=NNC(=O)c2cc3cc(Br)ccc3o2)cc(Cl)c1OCC(=O)O. The molecule has 0 fully saturated rings. The van der Waals surface area contributed by atoms with Gasteiger partial charge in [-0.25, -0.2) is 10.2 Å². The number of furan rings is 1. The number of carbonyl (C=O) groups is 2. The number of carbonyl (C=O) groups excluding carboxylic acids is 1. The van der Waals surface area contributed by atoms with E-state index in [1.165, 1.54) is 25.5 Å². The normalized spacial score (nSPS) is 11.0. The number of benzene rings is 2. The molecule has 29 heavy (non-hydrogen) atoms. The maximum atomic E-state index is 12.2. The predicted octanol–water partition coefficient (Wildman–Crippen LogP) is 4.08. The van der Waals surface area contributed by atoms with Crippen LogP contribution in [0.15, 0.2) is 50.4 Å². The first-order chi connectivity index (χ1) is 13.9. The average molecular weight is 482 g/mol. The standard InChI is InChI=1S/C19H14BrClN2O6/c1-27-15-5-10(4-13(21)18(15)28-9-17(24)25)8-22-23-19(26)16-7-11-6-12(20)2-3-14(11)29-16/h2-8H,9H2,1H3,(H,23,26)(H,24,25). The van der Waals surface area contributed by atoms with Crippen LogP contribution < -0.4 is 14.9 Å². The van der Waals surface area contributed by atoms with Crippen LogP contribution in [0.4, 0.5) is 0 Å². The number of ether oxygens (including phenoxy) is 2. The Labute approximate surface area is 178 Å². The van der Waals surface area contributed by atoms with Gasteiger partial charge in [0.05, 0.1) is 18.3 Å². The van der Waals surface area contributed by atoms with E-state index in [-0.39, 0.29) is 22.3 Å². The van der Waals surface area contributed by atoms with Crippen LogP contribution in [0.3, 0.4) is 0 Å². The zero-order valence-corrected chi connectivity index (χ0v) is 17.3. The molecule has 0 atom stereocenters. The summed E-state index contributed by atoms with van der Waals surface area (Å²) in [6.07, 6.45) is 1.35. The third-order valence-electron chi connectivity index (χ3n) is 3.67. The highest BCUT2D eigenvalue weighted by Crippen LogP contribution is 2.36. The van der Waals surface area contributed by atoms with Gasteiger partial charge in [-0.3, -0.25) is 4.79 Å². The van der Waals surface area contributed by atoms with Crippen LogP contribution in [0.1, 0.15) is 16.1 Å². The fourth-order valence-corrected chi connectivity index (χ4v) is 3.09. The van der Waals surface area contributed by atoms with Crippen molar-refractivity contribution in [2.24, 2.45) is 5.10 Å². The Kier molecular flexibility index (Phi) is 6.40. The van der Waals surface area contributed by atoms with E-state index in [2.05, 4.69) is 26.5 Å². The summed E-state index contributed by atoms with van der Waals surface area (Å²) in [7, 11) is 1.39. The van der Waals surface area contributed by atoms with Gasteiger partial charge in [-0.1, -0.05) is 27.5 Å². The topological polar surface area (TPSA) is 110 Å². The van der Waals surface area contributed by atoms with E-state index in [1.54, 1.807) is 12.1 Å². The van der Waals surface area contributed by atoms with Crippen molar-refractivity contribution < 1.29 is 28.6 Å². The lowest BCUT2D eigenvalue weighted by molar-refractivity contribution is -0.139. The molecule has 0 unspecified atom stereocenters. The molecule has 1 aromatic heterocycles. The Morgan fingerprint density at radius 1 is 1.31 bits per heavy atom. The number of methoxy groups -OCH3 is 1. The third kappa shape index (κ3) is 5.07. The molecule has 0 aliphatic heterocycles. The fourth-order valence-electron chi connectivity index (χ4n) is 2.43. The number of rotatable bonds is 7. The second-order valence-corrected chi connectivity index (χ2v) is 7.03. The largest absolute Gasteiger partial charge is 0.493 e. The molecule has 0 radical (unpaired) electrons. The molecule has 0 bridgehead atoms. The van der Waals surface area contributed by atoms with E-state index in [1.807, 2.05) is 12.1 Å². The van der Waals surface area contributed by atoms with Crippen molar-refractivity contribution in [1.82, 2.24) is 5.43 Å². The van der Waals surface area contributed by atoms with Gasteiger partial charge in [0.1, 0.15) is 5.58 Å².